The highest BCUT2D eigenvalue weighted by molar-refractivity contribution is 5.73. The third kappa shape index (κ3) is 7.05. The lowest BCUT2D eigenvalue weighted by Crippen LogP contribution is -2.70. The van der Waals surface area contributed by atoms with Crippen molar-refractivity contribution in [3.8, 4) is 0 Å². The predicted molar refractivity (Wildman–Crippen MR) is 124 cm³/mol. The average Bonchev–Trinajstić information content (AvgIpc) is 2.90. The van der Waals surface area contributed by atoms with Gasteiger partial charge in [0.25, 0.3) is 0 Å². The number of carbonyl (C=O) groups is 2. The molecule has 18 heteroatoms. The third-order valence-corrected chi connectivity index (χ3v) is 6.90. The second-order valence-corrected chi connectivity index (χ2v) is 9.81. The summed E-state index contributed by atoms with van der Waals surface area (Å²) in [4.78, 5) is 23.7. The number of amides is 2. The van der Waals surface area contributed by atoms with Gasteiger partial charge in [-0.25, -0.2) is 0 Å². The molecule has 3 aliphatic rings. The molecular weight excluding hydrogens is 548 g/mol. The molecule has 0 radical (unpaired) electrons. The van der Waals surface area contributed by atoms with E-state index in [2.05, 4.69) is 10.6 Å². The molecule has 0 spiro atoms. The Morgan fingerprint density at radius 3 is 1.65 bits per heavy atom. The van der Waals surface area contributed by atoms with E-state index in [1.165, 1.54) is 0 Å². The Morgan fingerprint density at radius 2 is 1.10 bits per heavy atom. The molecule has 3 heterocycles. The summed E-state index contributed by atoms with van der Waals surface area (Å²) < 4.78 is 27.6. The monoisotopic (exact) mass is 586 g/mol. The topological polar surface area (TPSA) is 286 Å². The molecule has 0 unspecified atom stereocenters. The number of aliphatic hydroxyl groups excluding tert-OH is 9. The van der Waals surface area contributed by atoms with E-state index >= 15 is 0 Å². The predicted octanol–water partition coefficient (Wildman–Crippen LogP) is -7.29. The van der Waals surface area contributed by atoms with E-state index in [9.17, 15) is 55.5 Å². The first-order valence-corrected chi connectivity index (χ1v) is 12.6. The van der Waals surface area contributed by atoms with Crippen LogP contribution in [0.4, 0.5) is 0 Å². The van der Waals surface area contributed by atoms with Crippen LogP contribution in [0.25, 0.3) is 0 Å². The van der Waals surface area contributed by atoms with Gasteiger partial charge in [0.1, 0.15) is 73.1 Å². The van der Waals surface area contributed by atoms with Gasteiger partial charge in [-0.05, 0) is 0 Å². The highest BCUT2D eigenvalue weighted by Crippen LogP contribution is 2.32. The first kappa shape index (κ1) is 32.9. The quantitative estimate of drug-likeness (QED) is 0.120. The summed E-state index contributed by atoms with van der Waals surface area (Å²) in [5.74, 6) is -1.32. The molecule has 2 amide bonds. The van der Waals surface area contributed by atoms with E-state index in [-0.39, 0.29) is 0 Å². The van der Waals surface area contributed by atoms with Crippen LogP contribution in [0.2, 0.25) is 0 Å². The van der Waals surface area contributed by atoms with Crippen molar-refractivity contribution in [1.82, 2.24) is 10.6 Å². The van der Waals surface area contributed by atoms with Crippen LogP contribution in [-0.2, 0) is 33.3 Å². The highest BCUT2D eigenvalue weighted by Gasteiger charge is 2.54. The Balaban J connectivity index is 1.87. The summed E-state index contributed by atoms with van der Waals surface area (Å²) >= 11 is 0. The number of carbonyl (C=O) groups excluding carboxylic acids is 2. The second-order valence-electron chi connectivity index (χ2n) is 9.81. The Morgan fingerprint density at radius 1 is 0.600 bits per heavy atom. The summed E-state index contributed by atoms with van der Waals surface area (Å²) in [6, 6.07) is -2.89. The first-order valence-electron chi connectivity index (χ1n) is 12.6. The third-order valence-electron chi connectivity index (χ3n) is 6.90. The van der Waals surface area contributed by atoms with E-state index < -0.39 is 124 Å². The van der Waals surface area contributed by atoms with Crippen molar-refractivity contribution in [3.63, 3.8) is 0 Å². The molecule has 3 fully saturated rings. The van der Waals surface area contributed by atoms with Crippen LogP contribution in [0.5, 0.6) is 0 Å². The average molecular weight is 587 g/mol. The van der Waals surface area contributed by atoms with Crippen LogP contribution in [0.1, 0.15) is 13.8 Å². The van der Waals surface area contributed by atoms with Crippen molar-refractivity contribution in [2.24, 2.45) is 0 Å². The van der Waals surface area contributed by atoms with Gasteiger partial charge in [-0.15, -0.1) is 0 Å². The second kappa shape index (κ2) is 14.0. The van der Waals surface area contributed by atoms with Crippen LogP contribution >= 0.6 is 0 Å². The lowest BCUT2D eigenvalue weighted by atomic mass is 9.94. The minimum absolute atomic E-state index is 0.639. The van der Waals surface area contributed by atoms with Gasteiger partial charge in [0.05, 0.1) is 19.8 Å². The maximum atomic E-state index is 12.0. The molecule has 3 rings (SSSR count). The molecule has 232 valence electrons. The molecular formula is C22H38N2O16. The molecule has 3 saturated heterocycles. The molecule has 0 bridgehead atoms. The van der Waals surface area contributed by atoms with Gasteiger partial charge in [-0.2, -0.15) is 0 Å². The Labute approximate surface area is 228 Å². The zero-order valence-corrected chi connectivity index (χ0v) is 21.7. The fourth-order valence-electron chi connectivity index (χ4n) is 4.86. The van der Waals surface area contributed by atoms with E-state index in [4.69, 9.17) is 23.7 Å². The smallest absolute Gasteiger partial charge is 0.217 e. The zero-order valence-electron chi connectivity index (χ0n) is 21.7. The number of aliphatic hydroxyl groups is 9. The van der Waals surface area contributed by atoms with Crippen molar-refractivity contribution in [3.05, 3.63) is 0 Å². The molecule has 40 heavy (non-hydrogen) atoms. The van der Waals surface area contributed by atoms with Gasteiger partial charge in [0.2, 0.25) is 11.8 Å². The maximum Gasteiger partial charge on any atom is 0.217 e. The number of nitrogens with one attached hydrogen (secondary N) is 2. The van der Waals surface area contributed by atoms with E-state index in [0.717, 1.165) is 13.8 Å². The van der Waals surface area contributed by atoms with Gasteiger partial charge < -0.3 is 80.3 Å². The molecule has 15 atom stereocenters. The molecule has 0 saturated carbocycles. The minimum atomic E-state index is -1.86. The first-order chi connectivity index (χ1) is 18.8. The van der Waals surface area contributed by atoms with Crippen molar-refractivity contribution in [2.75, 3.05) is 19.8 Å². The Bertz CT molecular complexity index is 852. The van der Waals surface area contributed by atoms with Crippen molar-refractivity contribution >= 4 is 11.8 Å². The number of hydrogen-bond acceptors (Lipinski definition) is 16. The summed E-state index contributed by atoms with van der Waals surface area (Å²) in [6.07, 6.45) is -21.2. The van der Waals surface area contributed by atoms with Crippen molar-refractivity contribution < 1.29 is 79.2 Å². The van der Waals surface area contributed by atoms with Crippen LogP contribution in [0.15, 0.2) is 0 Å². The standard InChI is InChI=1S/C22H38N2O16/c1-6(28)23-11-15(32)18(39-22-17(34)16(33)13(30)8(3-25)37-22)10(5-27)38-21(11)40-19-12(24-7(2)29)20(35)36-9(4-26)14(19)31/h8-22,25-27,30-35H,3-5H2,1-2H3,(H,23,28)(H,24,29)/t8-,9-,10-,11-,12-,13-,14-,15-,16+,17+,18-,19-,20-,21+,22-/m1/s1. The van der Waals surface area contributed by atoms with Crippen molar-refractivity contribution in [1.29, 1.82) is 0 Å². The van der Waals surface area contributed by atoms with E-state index in [0.29, 0.717) is 0 Å². The lowest BCUT2D eigenvalue weighted by Gasteiger charge is -2.49. The molecule has 0 aliphatic carbocycles. The molecule has 3 aliphatic heterocycles. The summed E-state index contributed by atoms with van der Waals surface area (Å²) in [6.45, 7) is -0.115. The SMILES string of the molecule is CC(=O)N[C@@H]1[C@@H](O[C@@H]2O[C@H](CO)[C@@H](O[C@H]3O[C@H](CO)[C@@H](O)[C@H](O)[C@@H]3O)[C@H](O)[C@H]2NC(C)=O)[C@H](O)[C@@H](CO)O[C@H]1O. The molecule has 0 aromatic heterocycles. The molecule has 11 N–H and O–H groups in total. The minimum Gasteiger partial charge on any atom is -0.394 e. The van der Waals surface area contributed by atoms with Crippen LogP contribution in [0, 0.1) is 0 Å². The fraction of sp³-hybridized carbons (Fsp3) is 0.909. The molecule has 0 aromatic carbocycles. The molecule has 0 aromatic rings. The fourth-order valence-corrected chi connectivity index (χ4v) is 4.86. The number of ether oxygens (including phenoxy) is 5. The maximum absolute atomic E-state index is 12.0. The highest BCUT2D eigenvalue weighted by atomic mass is 16.7. The van der Waals surface area contributed by atoms with Crippen LogP contribution in [-0.4, -0.2) is 170 Å². The van der Waals surface area contributed by atoms with Gasteiger partial charge in [-0.1, -0.05) is 0 Å². The van der Waals surface area contributed by atoms with Crippen molar-refractivity contribution in [2.45, 2.75) is 106 Å². The summed E-state index contributed by atoms with van der Waals surface area (Å²) in [5.41, 5.74) is 0. The zero-order chi connectivity index (χ0) is 29.9. The Hall–Kier alpha value is -1.62. The number of rotatable bonds is 9. The van der Waals surface area contributed by atoms with E-state index in [1.807, 2.05) is 0 Å². The number of hydrogen-bond donors (Lipinski definition) is 11. The van der Waals surface area contributed by atoms with Gasteiger partial charge >= 0.3 is 0 Å². The summed E-state index contributed by atoms with van der Waals surface area (Å²) in [7, 11) is 0. The molecule has 18 nitrogen and oxygen atoms in total. The van der Waals surface area contributed by atoms with Crippen LogP contribution in [0.3, 0.4) is 0 Å². The van der Waals surface area contributed by atoms with Gasteiger partial charge in [0, 0.05) is 13.8 Å². The Kier molecular flexibility index (Phi) is 11.5. The lowest BCUT2D eigenvalue weighted by molar-refractivity contribution is -0.359. The normalized spacial score (nSPS) is 46.0. The summed E-state index contributed by atoms with van der Waals surface area (Å²) in [5, 5.41) is 96.5. The van der Waals surface area contributed by atoms with Gasteiger partial charge in [0.15, 0.2) is 18.9 Å². The van der Waals surface area contributed by atoms with Gasteiger partial charge in [-0.3, -0.25) is 9.59 Å². The largest absolute Gasteiger partial charge is 0.394 e. The van der Waals surface area contributed by atoms with E-state index in [1.54, 1.807) is 0 Å². The van der Waals surface area contributed by atoms with Crippen LogP contribution < -0.4 is 10.6 Å².